The Hall–Kier alpha value is -2.08. The molecule has 0 aliphatic heterocycles. The first kappa shape index (κ1) is 16.4. The summed E-state index contributed by atoms with van der Waals surface area (Å²) in [5, 5.41) is 3.70. The monoisotopic (exact) mass is 383 g/mol. The predicted molar refractivity (Wildman–Crippen MR) is 107 cm³/mol. The van der Waals surface area contributed by atoms with Crippen molar-refractivity contribution in [1.29, 1.82) is 0 Å². The van der Waals surface area contributed by atoms with Crippen molar-refractivity contribution in [2.45, 2.75) is 16.8 Å². The molecule has 0 amide bonds. The Morgan fingerprint density at radius 3 is 2.64 bits per heavy atom. The maximum absolute atomic E-state index is 5.97. The van der Waals surface area contributed by atoms with Crippen LogP contribution < -0.4 is 0 Å². The van der Waals surface area contributed by atoms with Gasteiger partial charge in [0.15, 0.2) is 4.96 Å². The molecule has 6 heteroatoms. The minimum atomic E-state index is 0.733. The van der Waals surface area contributed by atoms with Crippen LogP contribution >= 0.6 is 34.7 Å². The van der Waals surface area contributed by atoms with Crippen molar-refractivity contribution in [3.05, 3.63) is 76.4 Å². The highest BCUT2D eigenvalue weighted by Crippen LogP contribution is 2.32. The zero-order valence-corrected chi connectivity index (χ0v) is 15.8. The number of aryl methyl sites for hydroxylation is 1. The Labute approximate surface area is 159 Å². The van der Waals surface area contributed by atoms with Gasteiger partial charge in [0.25, 0.3) is 0 Å². The average Bonchev–Trinajstić information content (AvgIpc) is 3.18. The van der Waals surface area contributed by atoms with Gasteiger partial charge >= 0.3 is 0 Å². The van der Waals surface area contributed by atoms with E-state index in [1.165, 1.54) is 5.56 Å². The second-order valence-electron chi connectivity index (χ2n) is 5.51. The number of rotatable bonds is 4. The van der Waals surface area contributed by atoms with Crippen molar-refractivity contribution in [2.75, 3.05) is 0 Å². The SMILES string of the molecule is Cc1ccc(N=Cc2c(Sc3ccc(Cl)cc3)nc3sccn23)cc1. The summed E-state index contributed by atoms with van der Waals surface area (Å²) >= 11 is 9.20. The van der Waals surface area contributed by atoms with E-state index >= 15 is 0 Å². The van der Waals surface area contributed by atoms with Crippen molar-refractivity contribution in [1.82, 2.24) is 9.38 Å². The van der Waals surface area contributed by atoms with E-state index in [4.69, 9.17) is 16.6 Å². The van der Waals surface area contributed by atoms with Gasteiger partial charge in [-0.2, -0.15) is 0 Å². The van der Waals surface area contributed by atoms with Crippen LogP contribution in [0.25, 0.3) is 4.96 Å². The number of fused-ring (bicyclic) bond motifs is 1. The number of halogens is 1. The smallest absolute Gasteiger partial charge is 0.195 e. The molecule has 124 valence electrons. The minimum Gasteiger partial charge on any atom is -0.288 e. The topological polar surface area (TPSA) is 29.7 Å². The Bertz CT molecular complexity index is 1030. The molecule has 0 atom stereocenters. The number of imidazole rings is 1. The molecule has 0 aliphatic rings. The number of aliphatic imine (C=N–C) groups is 1. The average molecular weight is 384 g/mol. The number of hydrogen-bond acceptors (Lipinski definition) is 4. The highest BCUT2D eigenvalue weighted by atomic mass is 35.5. The fourth-order valence-electron chi connectivity index (χ4n) is 2.36. The molecule has 0 N–H and O–H groups in total. The summed E-state index contributed by atoms with van der Waals surface area (Å²) in [4.78, 5) is 11.4. The lowest BCUT2D eigenvalue weighted by Gasteiger charge is -2.01. The van der Waals surface area contributed by atoms with Gasteiger partial charge in [0.1, 0.15) is 5.03 Å². The van der Waals surface area contributed by atoms with Crippen molar-refractivity contribution in [3.8, 4) is 0 Å². The third-order valence-electron chi connectivity index (χ3n) is 3.66. The second-order valence-corrected chi connectivity index (χ2v) is 7.88. The van der Waals surface area contributed by atoms with Crippen LogP contribution in [0.4, 0.5) is 5.69 Å². The van der Waals surface area contributed by atoms with E-state index in [1.54, 1.807) is 23.1 Å². The summed E-state index contributed by atoms with van der Waals surface area (Å²) < 4.78 is 2.07. The van der Waals surface area contributed by atoms with Crippen LogP contribution in [0.15, 0.2) is 75.0 Å². The van der Waals surface area contributed by atoms with E-state index in [2.05, 4.69) is 28.4 Å². The third-order valence-corrected chi connectivity index (χ3v) is 5.67. The van der Waals surface area contributed by atoms with Crippen LogP contribution in [-0.4, -0.2) is 15.6 Å². The van der Waals surface area contributed by atoms with Crippen LogP contribution in [0.5, 0.6) is 0 Å². The molecular weight excluding hydrogens is 370 g/mol. The second kappa shape index (κ2) is 7.04. The van der Waals surface area contributed by atoms with E-state index in [0.29, 0.717) is 0 Å². The molecular formula is C19H14ClN3S2. The summed E-state index contributed by atoms with van der Waals surface area (Å²) in [5.74, 6) is 0. The number of thiazole rings is 1. The van der Waals surface area contributed by atoms with Crippen LogP contribution in [-0.2, 0) is 0 Å². The van der Waals surface area contributed by atoms with Gasteiger partial charge in [-0.15, -0.1) is 11.3 Å². The quantitative estimate of drug-likeness (QED) is 0.389. The normalized spacial score (nSPS) is 11.6. The van der Waals surface area contributed by atoms with Gasteiger partial charge in [0.2, 0.25) is 0 Å². The first-order valence-electron chi connectivity index (χ1n) is 7.69. The lowest BCUT2D eigenvalue weighted by atomic mass is 10.2. The van der Waals surface area contributed by atoms with Crippen molar-refractivity contribution in [3.63, 3.8) is 0 Å². The molecule has 2 heterocycles. The van der Waals surface area contributed by atoms with Crippen LogP contribution in [0.1, 0.15) is 11.3 Å². The zero-order chi connectivity index (χ0) is 17.2. The lowest BCUT2D eigenvalue weighted by Crippen LogP contribution is -1.89. The number of aromatic nitrogens is 2. The molecule has 3 nitrogen and oxygen atoms in total. The van der Waals surface area contributed by atoms with E-state index in [0.717, 1.165) is 31.3 Å². The molecule has 0 unspecified atom stereocenters. The molecule has 0 saturated carbocycles. The molecule has 2 aromatic heterocycles. The molecule has 0 fully saturated rings. The Morgan fingerprint density at radius 2 is 1.88 bits per heavy atom. The van der Waals surface area contributed by atoms with Gasteiger partial charge < -0.3 is 0 Å². The predicted octanol–water partition coefficient (Wildman–Crippen LogP) is 6.26. The summed E-state index contributed by atoms with van der Waals surface area (Å²) in [6, 6.07) is 15.9. The van der Waals surface area contributed by atoms with Crippen molar-refractivity contribution in [2.24, 2.45) is 4.99 Å². The molecule has 25 heavy (non-hydrogen) atoms. The standard InChI is InChI=1S/C19H14ClN3S2/c1-13-2-6-15(7-3-13)21-12-17-18(22-19-23(17)10-11-24-19)25-16-8-4-14(20)5-9-16/h2-12H,1H3. The molecule has 4 aromatic rings. The van der Waals surface area contributed by atoms with Gasteiger partial charge in [-0.3, -0.25) is 9.39 Å². The maximum atomic E-state index is 5.97. The fraction of sp³-hybridized carbons (Fsp3) is 0.0526. The zero-order valence-electron chi connectivity index (χ0n) is 13.4. The molecule has 0 radical (unpaired) electrons. The summed E-state index contributed by atoms with van der Waals surface area (Å²) in [6.45, 7) is 2.07. The number of nitrogens with zero attached hydrogens (tertiary/aromatic N) is 3. The Balaban J connectivity index is 1.69. The van der Waals surface area contributed by atoms with E-state index in [9.17, 15) is 0 Å². The van der Waals surface area contributed by atoms with Gasteiger partial charge in [0.05, 0.1) is 17.6 Å². The van der Waals surface area contributed by atoms with Gasteiger partial charge in [-0.05, 0) is 43.3 Å². The van der Waals surface area contributed by atoms with Gasteiger partial charge in [0, 0.05) is 21.5 Å². The Morgan fingerprint density at radius 1 is 1.12 bits per heavy atom. The maximum Gasteiger partial charge on any atom is 0.195 e. The molecule has 0 spiro atoms. The van der Waals surface area contributed by atoms with Crippen molar-refractivity contribution < 1.29 is 0 Å². The fourth-order valence-corrected chi connectivity index (χ4v) is 4.14. The third kappa shape index (κ3) is 3.63. The van der Waals surface area contributed by atoms with E-state index in [1.807, 2.05) is 54.2 Å². The first-order valence-corrected chi connectivity index (χ1v) is 9.76. The van der Waals surface area contributed by atoms with Crippen LogP contribution in [0.3, 0.4) is 0 Å². The minimum absolute atomic E-state index is 0.733. The summed E-state index contributed by atoms with van der Waals surface area (Å²) in [6.07, 6.45) is 3.91. The molecule has 0 bridgehead atoms. The first-order chi connectivity index (χ1) is 12.2. The molecule has 0 aliphatic carbocycles. The largest absolute Gasteiger partial charge is 0.288 e. The Kier molecular flexibility index (Phi) is 4.61. The number of benzene rings is 2. The highest BCUT2D eigenvalue weighted by molar-refractivity contribution is 7.99. The van der Waals surface area contributed by atoms with Gasteiger partial charge in [-0.25, -0.2) is 4.98 Å². The molecule has 2 aromatic carbocycles. The highest BCUT2D eigenvalue weighted by Gasteiger charge is 2.13. The molecule has 0 saturated heterocycles. The lowest BCUT2D eigenvalue weighted by molar-refractivity contribution is 1.17. The van der Waals surface area contributed by atoms with Crippen molar-refractivity contribution >= 4 is 51.6 Å². The van der Waals surface area contributed by atoms with E-state index in [-0.39, 0.29) is 0 Å². The van der Waals surface area contributed by atoms with Crippen LogP contribution in [0, 0.1) is 6.92 Å². The van der Waals surface area contributed by atoms with E-state index < -0.39 is 0 Å². The van der Waals surface area contributed by atoms with Crippen LogP contribution in [0.2, 0.25) is 5.02 Å². The summed E-state index contributed by atoms with van der Waals surface area (Å²) in [7, 11) is 0. The number of hydrogen-bond donors (Lipinski definition) is 0. The molecule has 4 rings (SSSR count). The van der Waals surface area contributed by atoms with Gasteiger partial charge in [-0.1, -0.05) is 41.1 Å². The summed E-state index contributed by atoms with van der Waals surface area (Å²) in [5.41, 5.74) is 3.14.